The van der Waals surface area contributed by atoms with Gasteiger partial charge >= 0.3 is 0 Å². The van der Waals surface area contributed by atoms with Gasteiger partial charge in [-0.3, -0.25) is 0 Å². The van der Waals surface area contributed by atoms with Gasteiger partial charge in [-0.05, 0) is 18.2 Å². The largest absolute Gasteiger partial charge is 0.496 e. The van der Waals surface area contributed by atoms with Crippen LogP contribution in [0.2, 0.25) is 10.0 Å². The molecule has 1 aromatic heterocycles. The monoisotopic (exact) mass is 352 g/mol. The number of fused-ring (bicyclic) bond motifs is 1. The summed E-state index contributed by atoms with van der Waals surface area (Å²) in [4.78, 5) is 7.76. The van der Waals surface area contributed by atoms with E-state index in [0.717, 1.165) is 11.1 Å². The minimum Gasteiger partial charge on any atom is -0.496 e. The number of ether oxygens (including phenoxy) is 3. The SMILES string of the molecule is COc1cc(OC)c(-c2nc3cc(Cl)c(Cl)cc3[nH]2)cc1OC. The topological polar surface area (TPSA) is 56.4 Å². The third-order valence-electron chi connectivity index (χ3n) is 3.48. The first-order valence-electron chi connectivity index (χ1n) is 6.72. The van der Waals surface area contributed by atoms with E-state index >= 15 is 0 Å². The molecular formula is C16H14Cl2N2O3. The Balaban J connectivity index is 2.21. The van der Waals surface area contributed by atoms with Gasteiger partial charge in [0.05, 0.1) is 48.0 Å². The van der Waals surface area contributed by atoms with Crippen molar-refractivity contribution < 1.29 is 14.2 Å². The maximum absolute atomic E-state index is 6.05. The van der Waals surface area contributed by atoms with E-state index in [4.69, 9.17) is 37.4 Å². The number of imidazole rings is 1. The number of aromatic amines is 1. The van der Waals surface area contributed by atoms with E-state index in [2.05, 4.69) is 9.97 Å². The molecule has 0 fully saturated rings. The molecule has 5 nitrogen and oxygen atoms in total. The molecule has 0 spiro atoms. The molecule has 0 amide bonds. The van der Waals surface area contributed by atoms with Crippen molar-refractivity contribution in [3.05, 3.63) is 34.3 Å². The summed E-state index contributed by atoms with van der Waals surface area (Å²) in [6.07, 6.45) is 0. The van der Waals surface area contributed by atoms with Crippen molar-refractivity contribution in [3.63, 3.8) is 0 Å². The quantitative estimate of drug-likeness (QED) is 0.747. The van der Waals surface area contributed by atoms with Crippen LogP contribution in [0.5, 0.6) is 17.2 Å². The van der Waals surface area contributed by atoms with Crippen LogP contribution in [0.1, 0.15) is 0 Å². The molecule has 0 aliphatic heterocycles. The molecule has 0 aliphatic carbocycles. The molecule has 0 bridgehead atoms. The Morgan fingerprint density at radius 3 is 2.09 bits per heavy atom. The van der Waals surface area contributed by atoms with E-state index in [1.54, 1.807) is 45.6 Å². The summed E-state index contributed by atoms with van der Waals surface area (Å²) in [5, 5.41) is 0.921. The van der Waals surface area contributed by atoms with E-state index in [0.29, 0.717) is 38.6 Å². The molecule has 0 unspecified atom stereocenters. The van der Waals surface area contributed by atoms with Crippen molar-refractivity contribution in [1.29, 1.82) is 0 Å². The Morgan fingerprint density at radius 2 is 1.43 bits per heavy atom. The number of halogens is 2. The molecule has 0 aliphatic rings. The van der Waals surface area contributed by atoms with Crippen LogP contribution in [0.25, 0.3) is 22.4 Å². The molecule has 1 N–H and O–H groups in total. The average molecular weight is 353 g/mol. The normalized spacial score (nSPS) is 10.8. The second kappa shape index (κ2) is 6.18. The highest BCUT2D eigenvalue weighted by molar-refractivity contribution is 6.42. The molecule has 0 radical (unpaired) electrons. The van der Waals surface area contributed by atoms with Crippen molar-refractivity contribution in [1.82, 2.24) is 9.97 Å². The van der Waals surface area contributed by atoms with Crippen LogP contribution in [-0.2, 0) is 0 Å². The number of methoxy groups -OCH3 is 3. The fourth-order valence-electron chi connectivity index (χ4n) is 2.35. The first-order valence-corrected chi connectivity index (χ1v) is 7.48. The summed E-state index contributed by atoms with van der Waals surface area (Å²) < 4.78 is 16.1. The maximum atomic E-state index is 6.05. The molecule has 7 heteroatoms. The molecule has 0 saturated carbocycles. The molecule has 23 heavy (non-hydrogen) atoms. The average Bonchev–Trinajstić information content (AvgIpc) is 2.96. The van der Waals surface area contributed by atoms with E-state index in [-0.39, 0.29) is 0 Å². The molecule has 3 rings (SSSR count). The van der Waals surface area contributed by atoms with Crippen molar-refractivity contribution in [2.24, 2.45) is 0 Å². The van der Waals surface area contributed by atoms with Gasteiger partial charge in [0.1, 0.15) is 11.6 Å². The molecule has 2 aromatic carbocycles. The maximum Gasteiger partial charge on any atom is 0.164 e. The minimum absolute atomic E-state index is 0.455. The van der Waals surface area contributed by atoms with Crippen LogP contribution >= 0.6 is 23.2 Å². The van der Waals surface area contributed by atoms with E-state index < -0.39 is 0 Å². The van der Waals surface area contributed by atoms with Gasteiger partial charge in [-0.1, -0.05) is 23.2 Å². The van der Waals surface area contributed by atoms with Gasteiger partial charge in [0.2, 0.25) is 0 Å². The Hall–Kier alpha value is -2.11. The Labute approximate surface area is 143 Å². The van der Waals surface area contributed by atoms with Gasteiger partial charge in [0.15, 0.2) is 11.5 Å². The number of aromatic nitrogens is 2. The predicted molar refractivity (Wildman–Crippen MR) is 91.2 cm³/mol. The number of hydrogen-bond acceptors (Lipinski definition) is 4. The van der Waals surface area contributed by atoms with Gasteiger partial charge in [0, 0.05) is 6.07 Å². The minimum atomic E-state index is 0.455. The summed E-state index contributed by atoms with van der Waals surface area (Å²) in [5.74, 6) is 2.39. The van der Waals surface area contributed by atoms with Gasteiger partial charge in [-0.2, -0.15) is 0 Å². The number of rotatable bonds is 4. The second-order valence-electron chi connectivity index (χ2n) is 4.78. The van der Waals surface area contributed by atoms with Crippen molar-refractivity contribution in [2.45, 2.75) is 0 Å². The summed E-state index contributed by atoms with van der Waals surface area (Å²) >= 11 is 12.1. The fraction of sp³-hybridized carbons (Fsp3) is 0.188. The molecule has 120 valence electrons. The van der Waals surface area contributed by atoms with Crippen molar-refractivity contribution in [2.75, 3.05) is 21.3 Å². The lowest BCUT2D eigenvalue weighted by atomic mass is 10.1. The Morgan fingerprint density at radius 1 is 0.826 bits per heavy atom. The van der Waals surface area contributed by atoms with Crippen LogP contribution in [0.3, 0.4) is 0 Å². The van der Waals surface area contributed by atoms with Crippen LogP contribution in [0, 0.1) is 0 Å². The van der Waals surface area contributed by atoms with Gasteiger partial charge < -0.3 is 19.2 Å². The van der Waals surface area contributed by atoms with Gasteiger partial charge in [0.25, 0.3) is 0 Å². The highest BCUT2D eigenvalue weighted by atomic mass is 35.5. The van der Waals surface area contributed by atoms with E-state index in [1.807, 2.05) is 0 Å². The third-order valence-corrected chi connectivity index (χ3v) is 4.21. The standard InChI is InChI=1S/C16H14Cl2N2O3/c1-21-13-7-15(23-3)14(22-2)4-8(13)16-19-11-5-9(17)10(18)6-12(11)20-16/h4-7H,1-3H3,(H,19,20). The molecule has 0 saturated heterocycles. The third kappa shape index (κ3) is 2.78. The number of hydrogen-bond donors (Lipinski definition) is 1. The molecular weight excluding hydrogens is 339 g/mol. The number of nitrogens with one attached hydrogen (secondary N) is 1. The smallest absolute Gasteiger partial charge is 0.164 e. The summed E-state index contributed by atoms with van der Waals surface area (Å²) in [5.41, 5.74) is 2.24. The second-order valence-corrected chi connectivity index (χ2v) is 5.59. The van der Waals surface area contributed by atoms with Crippen LogP contribution < -0.4 is 14.2 Å². The molecule has 1 heterocycles. The lowest BCUT2D eigenvalue weighted by Gasteiger charge is -2.12. The predicted octanol–water partition coefficient (Wildman–Crippen LogP) is 4.56. The number of nitrogens with zero attached hydrogens (tertiary/aromatic N) is 1. The zero-order chi connectivity index (χ0) is 16.6. The van der Waals surface area contributed by atoms with Gasteiger partial charge in [-0.25, -0.2) is 4.98 Å². The van der Waals surface area contributed by atoms with Crippen molar-refractivity contribution >= 4 is 34.2 Å². The van der Waals surface area contributed by atoms with Crippen molar-refractivity contribution in [3.8, 4) is 28.6 Å². The lowest BCUT2D eigenvalue weighted by Crippen LogP contribution is -1.95. The number of benzene rings is 2. The van der Waals surface area contributed by atoms with Crippen LogP contribution in [-0.4, -0.2) is 31.3 Å². The van der Waals surface area contributed by atoms with Crippen LogP contribution in [0.4, 0.5) is 0 Å². The van der Waals surface area contributed by atoms with Gasteiger partial charge in [-0.15, -0.1) is 0 Å². The number of H-pyrrole nitrogens is 1. The Bertz CT molecular complexity index is 838. The summed E-state index contributed by atoms with van der Waals surface area (Å²) in [7, 11) is 4.73. The van der Waals surface area contributed by atoms with E-state index in [1.165, 1.54) is 0 Å². The zero-order valence-corrected chi connectivity index (χ0v) is 14.2. The fourth-order valence-corrected chi connectivity index (χ4v) is 2.67. The molecule has 0 atom stereocenters. The van der Waals surface area contributed by atoms with E-state index in [9.17, 15) is 0 Å². The lowest BCUT2D eigenvalue weighted by molar-refractivity contribution is 0.349. The molecule has 3 aromatic rings. The highest BCUT2D eigenvalue weighted by Crippen LogP contribution is 2.40. The first-order chi connectivity index (χ1) is 11.1. The zero-order valence-electron chi connectivity index (χ0n) is 12.7. The highest BCUT2D eigenvalue weighted by Gasteiger charge is 2.16. The summed E-state index contributed by atoms with van der Waals surface area (Å²) in [6, 6.07) is 7.01. The first kappa shape index (κ1) is 15.8. The summed E-state index contributed by atoms with van der Waals surface area (Å²) in [6.45, 7) is 0. The Kier molecular flexibility index (Phi) is 4.24. The van der Waals surface area contributed by atoms with Crippen LogP contribution in [0.15, 0.2) is 24.3 Å².